The molecule has 0 aromatic carbocycles. The van der Waals surface area contributed by atoms with Crippen LogP contribution in [0.1, 0.15) is 31.9 Å². The Labute approximate surface area is 106 Å². The number of nitrogens with one attached hydrogen (secondary N) is 1. The van der Waals surface area contributed by atoms with Gasteiger partial charge in [-0.1, -0.05) is 24.9 Å². The standard InChI is InChI=1S/C12H19N5O/c1-3-4-5-9(6-13)16-11-10-8(2)17-18-12(10)15-7-14-11/h7,9H,3-6,13H2,1-2H3,(H,14,15,16). The number of hydrogen-bond acceptors (Lipinski definition) is 6. The van der Waals surface area contributed by atoms with Crippen LogP contribution in [0.4, 0.5) is 5.82 Å². The lowest BCUT2D eigenvalue weighted by atomic mass is 10.1. The Morgan fingerprint density at radius 3 is 3.00 bits per heavy atom. The summed E-state index contributed by atoms with van der Waals surface area (Å²) in [6.07, 6.45) is 4.81. The van der Waals surface area contributed by atoms with E-state index in [1.807, 2.05) is 6.92 Å². The molecule has 2 rings (SSSR count). The van der Waals surface area contributed by atoms with Crippen molar-refractivity contribution < 1.29 is 4.52 Å². The molecule has 6 nitrogen and oxygen atoms in total. The topological polar surface area (TPSA) is 89.9 Å². The predicted molar refractivity (Wildman–Crippen MR) is 70.3 cm³/mol. The van der Waals surface area contributed by atoms with Crippen molar-refractivity contribution in [3.8, 4) is 0 Å². The van der Waals surface area contributed by atoms with E-state index in [-0.39, 0.29) is 6.04 Å². The molecule has 0 radical (unpaired) electrons. The number of fused-ring (bicyclic) bond motifs is 1. The van der Waals surface area contributed by atoms with E-state index >= 15 is 0 Å². The lowest BCUT2D eigenvalue weighted by molar-refractivity contribution is 0.442. The van der Waals surface area contributed by atoms with Crippen LogP contribution in [0.2, 0.25) is 0 Å². The molecule has 6 heteroatoms. The van der Waals surface area contributed by atoms with E-state index in [4.69, 9.17) is 10.3 Å². The van der Waals surface area contributed by atoms with Crippen LogP contribution in [0, 0.1) is 6.92 Å². The van der Waals surface area contributed by atoms with E-state index in [0.29, 0.717) is 12.3 Å². The van der Waals surface area contributed by atoms with Gasteiger partial charge < -0.3 is 15.6 Å². The quantitative estimate of drug-likeness (QED) is 0.812. The van der Waals surface area contributed by atoms with Gasteiger partial charge in [-0.3, -0.25) is 0 Å². The molecular formula is C12H19N5O. The Balaban J connectivity index is 2.22. The van der Waals surface area contributed by atoms with Gasteiger partial charge in [-0.25, -0.2) is 4.98 Å². The van der Waals surface area contributed by atoms with Gasteiger partial charge in [0.1, 0.15) is 17.5 Å². The molecule has 0 spiro atoms. The molecule has 2 aromatic heterocycles. The van der Waals surface area contributed by atoms with Crippen molar-refractivity contribution in [1.82, 2.24) is 15.1 Å². The average molecular weight is 249 g/mol. The number of nitrogens with two attached hydrogens (primary N) is 1. The summed E-state index contributed by atoms with van der Waals surface area (Å²) in [6, 6.07) is 0.220. The van der Waals surface area contributed by atoms with Gasteiger partial charge >= 0.3 is 0 Å². The summed E-state index contributed by atoms with van der Waals surface area (Å²) in [5.41, 5.74) is 7.08. The second-order valence-corrected chi connectivity index (χ2v) is 4.39. The van der Waals surface area contributed by atoms with Gasteiger partial charge in [0.2, 0.25) is 0 Å². The van der Waals surface area contributed by atoms with Gasteiger partial charge in [0.15, 0.2) is 0 Å². The molecule has 0 saturated carbocycles. The molecule has 3 N–H and O–H groups in total. The summed E-state index contributed by atoms with van der Waals surface area (Å²) in [5.74, 6) is 0.755. The van der Waals surface area contributed by atoms with Crippen LogP contribution in [-0.2, 0) is 0 Å². The first-order chi connectivity index (χ1) is 8.76. The van der Waals surface area contributed by atoms with Gasteiger partial charge in [0.05, 0.1) is 5.69 Å². The molecule has 98 valence electrons. The molecule has 0 bridgehead atoms. The fourth-order valence-electron chi connectivity index (χ4n) is 1.92. The highest BCUT2D eigenvalue weighted by molar-refractivity contribution is 5.87. The normalized spacial score (nSPS) is 12.8. The van der Waals surface area contributed by atoms with Crippen LogP contribution < -0.4 is 11.1 Å². The summed E-state index contributed by atoms with van der Waals surface area (Å²) in [7, 11) is 0. The Bertz CT molecular complexity index is 510. The highest BCUT2D eigenvalue weighted by atomic mass is 16.5. The minimum atomic E-state index is 0.220. The first kappa shape index (κ1) is 12.8. The maximum Gasteiger partial charge on any atom is 0.263 e. The zero-order chi connectivity index (χ0) is 13.0. The third kappa shape index (κ3) is 2.59. The van der Waals surface area contributed by atoms with Crippen LogP contribution >= 0.6 is 0 Å². The molecule has 0 saturated heterocycles. The molecule has 2 heterocycles. The zero-order valence-corrected chi connectivity index (χ0v) is 10.8. The van der Waals surface area contributed by atoms with Gasteiger partial charge in [0, 0.05) is 12.6 Å². The highest BCUT2D eigenvalue weighted by Gasteiger charge is 2.14. The summed E-state index contributed by atoms with van der Waals surface area (Å²) in [5, 5.41) is 8.10. The van der Waals surface area contributed by atoms with Gasteiger partial charge in [-0.2, -0.15) is 4.98 Å². The van der Waals surface area contributed by atoms with Crippen LogP contribution in [0.15, 0.2) is 10.9 Å². The monoisotopic (exact) mass is 249 g/mol. The highest BCUT2D eigenvalue weighted by Crippen LogP contribution is 2.23. The van der Waals surface area contributed by atoms with Crippen molar-refractivity contribution >= 4 is 16.9 Å². The molecule has 1 unspecified atom stereocenters. The molecule has 0 aliphatic rings. The van der Waals surface area contributed by atoms with E-state index in [0.717, 1.165) is 36.2 Å². The first-order valence-electron chi connectivity index (χ1n) is 6.29. The van der Waals surface area contributed by atoms with E-state index in [1.54, 1.807) is 0 Å². The van der Waals surface area contributed by atoms with Crippen molar-refractivity contribution in [3.63, 3.8) is 0 Å². The Kier molecular flexibility index (Phi) is 4.09. The molecule has 1 atom stereocenters. The van der Waals surface area contributed by atoms with Crippen molar-refractivity contribution in [3.05, 3.63) is 12.0 Å². The van der Waals surface area contributed by atoms with E-state index < -0.39 is 0 Å². The fraction of sp³-hybridized carbons (Fsp3) is 0.583. The Morgan fingerprint density at radius 2 is 2.28 bits per heavy atom. The number of rotatable bonds is 6. The number of hydrogen-bond donors (Lipinski definition) is 2. The van der Waals surface area contributed by atoms with E-state index in [1.165, 1.54) is 6.33 Å². The number of unbranched alkanes of at least 4 members (excludes halogenated alkanes) is 1. The molecule has 0 amide bonds. The van der Waals surface area contributed by atoms with E-state index in [9.17, 15) is 0 Å². The van der Waals surface area contributed by atoms with Crippen LogP contribution in [-0.4, -0.2) is 27.7 Å². The van der Waals surface area contributed by atoms with Gasteiger partial charge in [-0.05, 0) is 13.3 Å². The number of aryl methyl sites for hydroxylation is 1. The molecule has 2 aromatic rings. The SMILES string of the molecule is CCCCC(CN)Nc1ncnc2onc(C)c12. The van der Waals surface area contributed by atoms with E-state index in [2.05, 4.69) is 27.4 Å². The molecule has 0 aliphatic heterocycles. The third-order valence-electron chi connectivity index (χ3n) is 2.97. The van der Waals surface area contributed by atoms with Crippen LogP contribution in [0.3, 0.4) is 0 Å². The maximum absolute atomic E-state index is 5.77. The summed E-state index contributed by atoms with van der Waals surface area (Å²) >= 11 is 0. The second kappa shape index (κ2) is 5.77. The average Bonchev–Trinajstić information content (AvgIpc) is 2.77. The number of aromatic nitrogens is 3. The number of nitrogens with zero attached hydrogens (tertiary/aromatic N) is 3. The van der Waals surface area contributed by atoms with Crippen LogP contribution in [0.25, 0.3) is 11.1 Å². The van der Waals surface area contributed by atoms with Crippen molar-refractivity contribution in [2.45, 2.75) is 39.2 Å². The summed E-state index contributed by atoms with van der Waals surface area (Å²) in [4.78, 5) is 8.30. The fourth-order valence-corrected chi connectivity index (χ4v) is 1.92. The minimum absolute atomic E-state index is 0.220. The lowest BCUT2D eigenvalue weighted by Crippen LogP contribution is -2.29. The van der Waals surface area contributed by atoms with Gasteiger partial charge in [0.25, 0.3) is 5.71 Å². The Morgan fingerprint density at radius 1 is 1.44 bits per heavy atom. The molecule has 18 heavy (non-hydrogen) atoms. The van der Waals surface area contributed by atoms with Crippen molar-refractivity contribution in [1.29, 1.82) is 0 Å². The van der Waals surface area contributed by atoms with Gasteiger partial charge in [-0.15, -0.1) is 0 Å². The number of anilines is 1. The first-order valence-corrected chi connectivity index (χ1v) is 6.29. The largest absolute Gasteiger partial charge is 0.365 e. The zero-order valence-electron chi connectivity index (χ0n) is 10.8. The summed E-state index contributed by atoms with van der Waals surface area (Å²) < 4.78 is 5.11. The van der Waals surface area contributed by atoms with Crippen LogP contribution in [0.5, 0.6) is 0 Å². The summed E-state index contributed by atoms with van der Waals surface area (Å²) in [6.45, 7) is 4.63. The molecule has 0 fully saturated rings. The van der Waals surface area contributed by atoms with Crippen molar-refractivity contribution in [2.75, 3.05) is 11.9 Å². The predicted octanol–water partition coefficient (Wildman–Crippen LogP) is 1.86. The maximum atomic E-state index is 5.77. The lowest BCUT2D eigenvalue weighted by Gasteiger charge is -2.17. The smallest absolute Gasteiger partial charge is 0.263 e. The third-order valence-corrected chi connectivity index (χ3v) is 2.97. The minimum Gasteiger partial charge on any atom is -0.365 e. The molecular weight excluding hydrogens is 230 g/mol. The second-order valence-electron chi connectivity index (χ2n) is 4.39. The Hall–Kier alpha value is -1.69. The molecule has 0 aliphatic carbocycles. The van der Waals surface area contributed by atoms with Crippen molar-refractivity contribution in [2.24, 2.45) is 5.73 Å².